The SMILES string of the molecule is O.O.O.O.O.[Ca+2].[Ca+2].[Ca+2].[Ca+2].[Ca+2].[Cl-].[Cl-].[O-]B([O-])[O-].[O-]B([O-])[O-].[OH-].[OH-]. The standard InChI is InChI=1S/2BO3.5Ca.2ClH.7H2O/c2*2-1(3)4;;;;;;;;;;;;;;/h;;;;;;;2*1H;7*1H2/q2*-3;5*+2;;;;;;;;;/p-4. The zero-order valence-corrected chi connectivity index (χ0v) is 23.8. The summed E-state index contributed by atoms with van der Waals surface area (Å²) in [5.74, 6) is 0. The third-order valence-electron chi connectivity index (χ3n) is 0. The Balaban J connectivity index is -0.00000000143. The fourth-order valence-corrected chi connectivity index (χ4v) is 0. The fourth-order valence-electron chi connectivity index (χ4n) is 0. The molecule has 0 radical (unpaired) electrons. The van der Waals surface area contributed by atoms with E-state index in [-0.39, 0.29) is 252 Å². The van der Waals surface area contributed by atoms with Crippen LogP contribution in [0.5, 0.6) is 0 Å². The van der Waals surface area contributed by atoms with Gasteiger partial charge in [-0.2, -0.15) is 0 Å². The zero-order chi connectivity index (χ0) is 7.15. The van der Waals surface area contributed by atoms with Gasteiger partial charge in [0.1, 0.15) is 0 Å². The summed E-state index contributed by atoms with van der Waals surface area (Å²) in [4.78, 5) is 0. The van der Waals surface area contributed by atoms with Crippen molar-refractivity contribution >= 4 is 203 Å². The van der Waals surface area contributed by atoms with Crippen LogP contribution in [-0.2, 0) is 0 Å². The van der Waals surface area contributed by atoms with E-state index in [0.29, 0.717) is 0 Å². The van der Waals surface area contributed by atoms with Crippen LogP contribution < -0.4 is 55.0 Å². The summed E-state index contributed by atoms with van der Waals surface area (Å²) in [6.07, 6.45) is 0. The van der Waals surface area contributed by atoms with E-state index in [1.807, 2.05) is 0 Å². The van der Waals surface area contributed by atoms with Crippen LogP contribution in [0.15, 0.2) is 0 Å². The van der Waals surface area contributed by atoms with Crippen LogP contribution in [0.25, 0.3) is 0 Å². The molecule has 0 aliphatic heterocycles. The van der Waals surface area contributed by atoms with Gasteiger partial charge in [0, 0.05) is 0 Å². The van der Waals surface area contributed by atoms with Gasteiger partial charge in [-0.3, -0.25) is 14.6 Å². The van der Waals surface area contributed by atoms with E-state index in [1.54, 1.807) is 0 Å². The Morgan fingerprint density at radius 3 is 0.364 bits per heavy atom. The van der Waals surface area contributed by atoms with Gasteiger partial charge in [-0.1, -0.05) is 0 Å². The van der Waals surface area contributed by atoms with Crippen molar-refractivity contribution in [3.63, 3.8) is 0 Å². The summed E-state index contributed by atoms with van der Waals surface area (Å²) in [6.45, 7) is 0. The molecule has 0 rings (SSSR count). The first-order chi connectivity index (χ1) is 3.46. The molecule has 0 fully saturated rings. The van der Waals surface area contributed by atoms with E-state index in [2.05, 4.69) is 0 Å². The van der Waals surface area contributed by atoms with Gasteiger partial charge in [-0.15, -0.1) is 0 Å². The first kappa shape index (κ1) is 138. The normalized spacial score (nSPS) is 2.45. The Morgan fingerprint density at radius 1 is 0.364 bits per heavy atom. The Labute approximate surface area is 289 Å². The summed E-state index contributed by atoms with van der Waals surface area (Å²) < 4.78 is 0. The molecule has 120 valence electrons. The van der Waals surface area contributed by atoms with Gasteiger partial charge in [0.05, 0.1) is 0 Å². The van der Waals surface area contributed by atoms with Crippen LogP contribution >= 0.6 is 0 Å². The number of hydrogen-bond acceptors (Lipinski definition) is 8. The molecule has 0 saturated heterocycles. The predicted octanol–water partition coefficient (Wildman–Crippen LogP) is -20.3. The van der Waals surface area contributed by atoms with E-state index in [0.717, 1.165) is 0 Å². The molecule has 0 aliphatic carbocycles. The number of rotatable bonds is 0. The van der Waals surface area contributed by atoms with Crippen molar-refractivity contribution in [2.24, 2.45) is 0 Å². The van der Waals surface area contributed by atoms with E-state index in [9.17, 15) is 0 Å². The van der Waals surface area contributed by atoms with Crippen LogP contribution in [0.4, 0.5) is 0 Å². The predicted molar refractivity (Wildman–Crippen MR) is 62.2 cm³/mol. The van der Waals surface area contributed by atoms with Gasteiger partial charge in [0.2, 0.25) is 0 Å². The molecule has 0 aromatic rings. The quantitative estimate of drug-likeness (QED) is 0.279. The molecule has 0 heterocycles. The molecule has 22 heavy (non-hydrogen) atoms. The molecule has 0 amide bonds. The fraction of sp³-hybridized carbons (Fsp3) is 0. The summed E-state index contributed by atoms with van der Waals surface area (Å²) in [6, 6.07) is 0. The van der Waals surface area contributed by atoms with E-state index >= 15 is 0 Å². The summed E-state index contributed by atoms with van der Waals surface area (Å²) in [7, 11) is -5.83. The second-order valence-electron chi connectivity index (χ2n) is 0.577. The van der Waals surface area contributed by atoms with Gasteiger partial charge in [-0.25, -0.2) is 0 Å². The molecule has 0 aliphatic rings. The minimum Gasteiger partial charge on any atom is -1.00 e. The summed E-state index contributed by atoms with van der Waals surface area (Å²) >= 11 is 0. The topological polar surface area (TPSA) is 356 Å². The van der Waals surface area contributed by atoms with Crippen molar-refractivity contribution in [2.45, 2.75) is 0 Å². The molecule has 0 bridgehead atoms. The molecular formula is H12B2Ca5Cl2O13. The van der Waals surface area contributed by atoms with E-state index < -0.39 is 14.6 Å². The second-order valence-corrected chi connectivity index (χ2v) is 0.577. The maximum absolute atomic E-state index is 8.42. The first-order valence-corrected chi connectivity index (χ1v) is 1.41. The molecule has 22 heteroatoms. The largest absolute Gasteiger partial charge is 2.00 e. The van der Waals surface area contributed by atoms with Crippen LogP contribution in [0, 0.1) is 0 Å². The molecule has 12 N–H and O–H groups in total. The smallest absolute Gasteiger partial charge is 1.00 e. The van der Waals surface area contributed by atoms with E-state index in [1.165, 1.54) is 0 Å². The number of halogens is 2. The van der Waals surface area contributed by atoms with Crippen LogP contribution in [0.2, 0.25) is 0 Å². The van der Waals surface area contributed by atoms with Crippen molar-refractivity contribution in [1.82, 2.24) is 0 Å². The summed E-state index contributed by atoms with van der Waals surface area (Å²) in [5.41, 5.74) is 0. The van der Waals surface area contributed by atoms with Crippen molar-refractivity contribution in [2.75, 3.05) is 0 Å². The third kappa shape index (κ3) is 409. The summed E-state index contributed by atoms with van der Waals surface area (Å²) in [5, 5.41) is 50.5. The molecule has 0 unspecified atom stereocenters. The maximum Gasteiger partial charge on any atom is 2.00 e. The average molecular weight is 513 g/mol. The first-order valence-electron chi connectivity index (χ1n) is 1.41. The van der Waals surface area contributed by atoms with Crippen LogP contribution in [0.3, 0.4) is 0 Å². The monoisotopic (exact) mass is 512 g/mol. The minimum absolute atomic E-state index is 0. The van der Waals surface area contributed by atoms with Crippen molar-refractivity contribution in [1.29, 1.82) is 0 Å². The van der Waals surface area contributed by atoms with Gasteiger partial charge in [0.15, 0.2) is 0 Å². The molecule has 0 spiro atoms. The minimum atomic E-state index is -2.92. The van der Waals surface area contributed by atoms with Crippen LogP contribution in [-0.4, -0.2) is 242 Å². The third-order valence-corrected chi connectivity index (χ3v) is 0. The maximum atomic E-state index is 8.42. The Hall–Kier alpha value is 6.49. The van der Waals surface area contributed by atoms with Crippen molar-refractivity contribution in [3.05, 3.63) is 0 Å². The van der Waals surface area contributed by atoms with Crippen molar-refractivity contribution in [3.8, 4) is 0 Å². The average Bonchev–Trinajstić information content (AvgIpc) is 1.25. The Kier molecular flexibility index (Phi) is 776. The van der Waals surface area contributed by atoms with E-state index in [4.69, 9.17) is 30.1 Å². The van der Waals surface area contributed by atoms with Gasteiger partial charge in [-0.05, 0) is 0 Å². The van der Waals surface area contributed by atoms with Gasteiger partial charge >= 0.3 is 189 Å². The molecular weight excluding hydrogens is 501 g/mol. The Bertz CT molecular complexity index is 49.9. The second kappa shape index (κ2) is 124. The Morgan fingerprint density at radius 2 is 0.364 bits per heavy atom. The van der Waals surface area contributed by atoms with Gasteiger partial charge < -0.3 is 93.3 Å². The molecule has 0 atom stereocenters. The molecule has 0 aromatic heterocycles. The molecule has 0 saturated carbocycles. The van der Waals surface area contributed by atoms with Crippen molar-refractivity contribution < 1.29 is 93.3 Å². The van der Waals surface area contributed by atoms with Crippen LogP contribution in [0.1, 0.15) is 0 Å². The molecule has 0 aromatic carbocycles. The van der Waals surface area contributed by atoms with Gasteiger partial charge in [0.25, 0.3) is 0 Å². The number of hydrogen-bond donors (Lipinski definition) is 0. The molecule has 13 nitrogen and oxygen atoms in total. The zero-order valence-electron chi connectivity index (χ0n) is 11.3.